The Bertz CT molecular complexity index is 706. The topological polar surface area (TPSA) is 72.2 Å². The molecule has 2 amide bonds. The third-order valence-corrected chi connectivity index (χ3v) is 4.20. The summed E-state index contributed by atoms with van der Waals surface area (Å²) in [5.74, 6) is -1.96. The van der Waals surface area contributed by atoms with E-state index in [1.165, 1.54) is 18.2 Å². The molecule has 6 heteroatoms. The summed E-state index contributed by atoms with van der Waals surface area (Å²) < 4.78 is 14.6. The second-order valence-corrected chi connectivity index (χ2v) is 5.87. The van der Waals surface area contributed by atoms with Gasteiger partial charge >= 0.3 is 0 Å². The molecule has 0 aliphatic rings. The molecule has 0 saturated carbocycles. The van der Waals surface area contributed by atoms with Crippen LogP contribution in [-0.4, -0.2) is 17.9 Å². The van der Waals surface area contributed by atoms with Gasteiger partial charge in [0.25, 0.3) is 5.91 Å². The molecule has 2 rings (SSSR count). The third kappa shape index (κ3) is 4.03. The molecule has 22 heavy (non-hydrogen) atoms. The molecule has 0 spiro atoms. The van der Waals surface area contributed by atoms with E-state index in [0.29, 0.717) is 0 Å². The minimum atomic E-state index is -0.900. The molecule has 2 aromatic carbocycles. The summed E-state index contributed by atoms with van der Waals surface area (Å²) in [7, 11) is 0. The normalized spacial score (nSPS) is 11.7. The zero-order valence-corrected chi connectivity index (χ0v) is 13.7. The van der Waals surface area contributed by atoms with Gasteiger partial charge in [-0.3, -0.25) is 9.59 Å². The molecule has 1 atom stereocenters. The lowest BCUT2D eigenvalue weighted by Gasteiger charge is -2.16. The second kappa shape index (κ2) is 7.35. The van der Waals surface area contributed by atoms with Crippen molar-refractivity contribution in [3.8, 4) is 0 Å². The van der Waals surface area contributed by atoms with E-state index in [0.717, 1.165) is 9.13 Å². The van der Waals surface area contributed by atoms with Crippen molar-refractivity contribution in [2.24, 2.45) is 5.73 Å². The van der Waals surface area contributed by atoms with Crippen molar-refractivity contribution in [3.63, 3.8) is 0 Å². The number of halogens is 2. The second-order valence-electron chi connectivity index (χ2n) is 4.70. The molecular formula is C16H14FIN2O2. The highest BCUT2D eigenvalue weighted by molar-refractivity contribution is 14.1. The summed E-state index contributed by atoms with van der Waals surface area (Å²) >= 11 is 2.14. The predicted octanol–water partition coefficient (Wildman–Crippen LogP) is 2.26. The molecule has 3 N–H and O–H groups in total. The van der Waals surface area contributed by atoms with Crippen LogP contribution in [0.5, 0.6) is 0 Å². The number of amides is 2. The Morgan fingerprint density at radius 1 is 1.14 bits per heavy atom. The number of benzene rings is 2. The summed E-state index contributed by atoms with van der Waals surface area (Å²) in [5.41, 5.74) is 6.12. The molecule has 0 unspecified atom stereocenters. The van der Waals surface area contributed by atoms with E-state index >= 15 is 0 Å². The van der Waals surface area contributed by atoms with Crippen LogP contribution >= 0.6 is 22.6 Å². The first-order valence-corrected chi connectivity index (χ1v) is 7.65. The van der Waals surface area contributed by atoms with Crippen molar-refractivity contribution < 1.29 is 14.0 Å². The molecule has 114 valence electrons. The first kappa shape index (κ1) is 16.4. The minimum absolute atomic E-state index is 0.114. The predicted molar refractivity (Wildman–Crippen MR) is 89.7 cm³/mol. The first-order chi connectivity index (χ1) is 10.5. The largest absolute Gasteiger partial charge is 0.368 e. The van der Waals surface area contributed by atoms with Crippen LogP contribution in [0.1, 0.15) is 15.9 Å². The molecule has 0 bridgehead atoms. The number of hydrogen-bond donors (Lipinski definition) is 2. The Hall–Kier alpha value is -1.96. The summed E-state index contributed by atoms with van der Waals surface area (Å²) in [6.07, 6.45) is 0.259. The molecule has 0 saturated heterocycles. The van der Waals surface area contributed by atoms with Gasteiger partial charge in [-0.1, -0.05) is 30.3 Å². The Balaban J connectivity index is 2.16. The zero-order valence-electron chi connectivity index (χ0n) is 11.6. The maximum Gasteiger partial charge on any atom is 0.254 e. The van der Waals surface area contributed by atoms with Gasteiger partial charge in [0.2, 0.25) is 5.91 Å². The van der Waals surface area contributed by atoms with Gasteiger partial charge in [0.1, 0.15) is 11.9 Å². The van der Waals surface area contributed by atoms with Gasteiger partial charge in [0.05, 0.1) is 5.56 Å². The van der Waals surface area contributed by atoms with Crippen LogP contribution in [-0.2, 0) is 11.2 Å². The van der Waals surface area contributed by atoms with E-state index in [2.05, 4.69) is 27.9 Å². The fourth-order valence-corrected chi connectivity index (χ4v) is 2.60. The lowest BCUT2D eigenvalue weighted by molar-refractivity contribution is -0.119. The number of hydrogen-bond acceptors (Lipinski definition) is 2. The number of nitrogens with two attached hydrogens (primary N) is 1. The Labute approximate surface area is 141 Å². The third-order valence-electron chi connectivity index (χ3n) is 3.15. The summed E-state index contributed by atoms with van der Waals surface area (Å²) in [6.45, 7) is 0. The van der Waals surface area contributed by atoms with E-state index in [1.807, 2.05) is 24.3 Å². The number of primary amides is 1. The van der Waals surface area contributed by atoms with E-state index in [1.54, 1.807) is 6.07 Å². The van der Waals surface area contributed by atoms with Gasteiger partial charge in [0, 0.05) is 9.99 Å². The van der Waals surface area contributed by atoms with Crippen molar-refractivity contribution in [3.05, 3.63) is 69.0 Å². The monoisotopic (exact) mass is 412 g/mol. The number of carbonyl (C=O) groups is 2. The maximum absolute atomic E-state index is 13.6. The smallest absolute Gasteiger partial charge is 0.254 e. The van der Waals surface area contributed by atoms with Gasteiger partial charge in [-0.05, 0) is 46.4 Å². The van der Waals surface area contributed by atoms with Crippen LogP contribution in [0.15, 0.2) is 48.5 Å². The highest BCUT2D eigenvalue weighted by Gasteiger charge is 2.21. The van der Waals surface area contributed by atoms with Crippen molar-refractivity contribution in [1.29, 1.82) is 0 Å². The van der Waals surface area contributed by atoms with Gasteiger partial charge in [-0.2, -0.15) is 0 Å². The minimum Gasteiger partial charge on any atom is -0.368 e. The SMILES string of the molecule is NC(=O)[C@@H](Cc1ccccc1I)NC(=O)c1ccccc1F. The van der Waals surface area contributed by atoms with Gasteiger partial charge in [-0.15, -0.1) is 0 Å². The van der Waals surface area contributed by atoms with Crippen LogP contribution in [0, 0.1) is 9.39 Å². The van der Waals surface area contributed by atoms with E-state index in [-0.39, 0.29) is 12.0 Å². The van der Waals surface area contributed by atoms with E-state index in [9.17, 15) is 14.0 Å². The Kier molecular flexibility index (Phi) is 5.48. The highest BCUT2D eigenvalue weighted by atomic mass is 127. The fraction of sp³-hybridized carbons (Fsp3) is 0.125. The summed E-state index contributed by atoms with van der Waals surface area (Å²) in [4.78, 5) is 23.7. The van der Waals surface area contributed by atoms with Gasteiger partial charge in [-0.25, -0.2) is 4.39 Å². The number of carbonyl (C=O) groups excluding carboxylic acids is 2. The standard InChI is InChI=1S/C16H14FIN2O2/c17-12-7-3-2-6-11(12)16(22)20-14(15(19)21)9-10-5-1-4-8-13(10)18/h1-8,14H,9H2,(H2,19,21)(H,20,22)/t14-/m1/s1. The van der Waals surface area contributed by atoms with Gasteiger partial charge < -0.3 is 11.1 Å². The van der Waals surface area contributed by atoms with Crippen LogP contribution in [0.25, 0.3) is 0 Å². The first-order valence-electron chi connectivity index (χ1n) is 6.57. The van der Waals surface area contributed by atoms with Crippen LogP contribution in [0.2, 0.25) is 0 Å². The average Bonchev–Trinajstić information content (AvgIpc) is 2.49. The lowest BCUT2D eigenvalue weighted by Crippen LogP contribution is -2.46. The van der Waals surface area contributed by atoms with Crippen LogP contribution < -0.4 is 11.1 Å². The number of nitrogens with one attached hydrogen (secondary N) is 1. The van der Waals surface area contributed by atoms with Crippen molar-refractivity contribution >= 4 is 34.4 Å². The highest BCUT2D eigenvalue weighted by Crippen LogP contribution is 2.14. The van der Waals surface area contributed by atoms with Crippen molar-refractivity contribution in [2.75, 3.05) is 0 Å². The molecule has 4 nitrogen and oxygen atoms in total. The molecule has 0 aromatic heterocycles. The quantitative estimate of drug-likeness (QED) is 0.740. The molecule has 0 aliphatic carbocycles. The molecule has 0 aliphatic heterocycles. The molecule has 2 aromatic rings. The van der Waals surface area contributed by atoms with E-state index < -0.39 is 23.7 Å². The van der Waals surface area contributed by atoms with E-state index in [4.69, 9.17) is 5.73 Å². The van der Waals surface area contributed by atoms with Gasteiger partial charge in [0.15, 0.2) is 0 Å². The number of rotatable bonds is 5. The lowest BCUT2D eigenvalue weighted by atomic mass is 10.0. The fourth-order valence-electron chi connectivity index (χ4n) is 1.99. The van der Waals surface area contributed by atoms with Crippen LogP contribution in [0.4, 0.5) is 4.39 Å². The van der Waals surface area contributed by atoms with Crippen LogP contribution in [0.3, 0.4) is 0 Å². The van der Waals surface area contributed by atoms with Crippen molar-refractivity contribution in [2.45, 2.75) is 12.5 Å². The average molecular weight is 412 g/mol. The summed E-state index contributed by atoms with van der Waals surface area (Å²) in [5, 5.41) is 2.49. The summed E-state index contributed by atoms with van der Waals surface area (Å²) in [6, 6.07) is 12.2. The molecular weight excluding hydrogens is 398 g/mol. The zero-order chi connectivity index (χ0) is 16.1. The molecule has 0 radical (unpaired) electrons. The Morgan fingerprint density at radius 2 is 1.77 bits per heavy atom. The molecule has 0 fully saturated rings. The molecule has 0 heterocycles. The maximum atomic E-state index is 13.6. The van der Waals surface area contributed by atoms with Crippen molar-refractivity contribution in [1.82, 2.24) is 5.32 Å². The Morgan fingerprint density at radius 3 is 2.41 bits per heavy atom.